The maximum absolute atomic E-state index is 9.20. The van der Waals surface area contributed by atoms with E-state index in [1.165, 1.54) is 11.1 Å². The van der Waals surface area contributed by atoms with Gasteiger partial charge in [0.05, 0.1) is 6.04 Å². The van der Waals surface area contributed by atoms with Gasteiger partial charge >= 0.3 is 0 Å². The minimum absolute atomic E-state index is 0.298. The van der Waals surface area contributed by atoms with E-state index in [9.17, 15) is 5.11 Å². The van der Waals surface area contributed by atoms with Gasteiger partial charge in [-0.25, -0.2) is 0 Å². The largest absolute Gasteiger partial charge is 0.396 e. The van der Waals surface area contributed by atoms with Gasteiger partial charge in [-0.05, 0) is 11.1 Å². The van der Waals surface area contributed by atoms with Crippen LogP contribution in [0.5, 0.6) is 0 Å². The zero-order valence-corrected chi connectivity index (χ0v) is 12.9. The molecule has 3 rings (SSSR count). The quantitative estimate of drug-likeness (QED) is 0.924. The minimum Gasteiger partial charge on any atom is -0.396 e. The van der Waals surface area contributed by atoms with Crippen molar-refractivity contribution in [3.05, 3.63) is 71.8 Å². The standard InChI is InChI=1S/C17H19NO.C2H6/c19-13-14-11-18(12-14)17(15-7-3-1-4-8-15)16-9-5-2-6-10-16;1-2/h1-10,14,17,19H,11-13H2;1-2H3. The number of benzene rings is 2. The Morgan fingerprint density at radius 3 is 1.71 bits per heavy atom. The number of rotatable bonds is 4. The maximum atomic E-state index is 9.20. The predicted octanol–water partition coefficient (Wildman–Crippen LogP) is 3.73. The molecule has 1 heterocycles. The molecule has 0 aromatic heterocycles. The molecule has 1 N–H and O–H groups in total. The van der Waals surface area contributed by atoms with Gasteiger partial charge in [0.15, 0.2) is 0 Å². The van der Waals surface area contributed by atoms with Gasteiger partial charge in [0.1, 0.15) is 0 Å². The molecule has 2 aromatic carbocycles. The molecule has 0 aliphatic carbocycles. The maximum Gasteiger partial charge on any atom is 0.0602 e. The number of aliphatic hydroxyl groups is 1. The van der Waals surface area contributed by atoms with Crippen molar-refractivity contribution in [1.29, 1.82) is 0 Å². The van der Waals surface area contributed by atoms with Gasteiger partial charge in [-0.2, -0.15) is 0 Å². The first-order valence-corrected chi connectivity index (χ1v) is 7.83. The summed E-state index contributed by atoms with van der Waals surface area (Å²) in [6, 6.07) is 21.5. The second-order valence-corrected chi connectivity index (χ2v) is 5.23. The first-order chi connectivity index (χ1) is 10.4. The van der Waals surface area contributed by atoms with E-state index in [-0.39, 0.29) is 0 Å². The molecule has 2 nitrogen and oxygen atoms in total. The number of hydrogen-bond donors (Lipinski definition) is 1. The fourth-order valence-corrected chi connectivity index (χ4v) is 2.82. The lowest BCUT2D eigenvalue weighted by atomic mass is 9.91. The van der Waals surface area contributed by atoms with Gasteiger partial charge < -0.3 is 5.11 Å². The summed E-state index contributed by atoms with van der Waals surface area (Å²) in [5.74, 6) is 0.440. The van der Waals surface area contributed by atoms with Crippen molar-refractivity contribution in [3.8, 4) is 0 Å². The molecule has 0 radical (unpaired) electrons. The van der Waals surface area contributed by atoms with Crippen LogP contribution in [0.3, 0.4) is 0 Å². The summed E-state index contributed by atoms with van der Waals surface area (Å²) in [6.07, 6.45) is 0. The van der Waals surface area contributed by atoms with Crippen LogP contribution < -0.4 is 0 Å². The van der Waals surface area contributed by atoms with Crippen LogP contribution >= 0.6 is 0 Å². The van der Waals surface area contributed by atoms with Gasteiger partial charge in [-0.1, -0.05) is 74.5 Å². The molecule has 0 atom stereocenters. The van der Waals surface area contributed by atoms with E-state index in [2.05, 4.69) is 65.6 Å². The highest BCUT2D eigenvalue weighted by Crippen LogP contribution is 2.33. The van der Waals surface area contributed by atoms with Crippen LogP contribution in [0.2, 0.25) is 0 Å². The Morgan fingerprint density at radius 2 is 1.33 bits per heavy atom. The molecule has 0 bridgehead atoms. The van der Waals surface area contributed by atoms with Crippen LogP contribution in [0.1, 0.15) is 31.0 Å². The van der Waals surface area contributed by atoms with Crippen LogP contribution in [-0.4, -0.2) is 29.7 Å². The van der Waals surface area contributed by atoms with Crippen LogP contribution in [-0.2, 0) is 0 Å². The van der Waals surface area contributed by atoms with Gasteiger partial charge in [-0.15, -0.1) is 0 Å². The van der Waals surface area contributed by atoms with E-state index in [1.807, 2.05) is 13.8 Å². The molecule has 1 aliphatic heterocycles. The average Bonchev–Trinajstić information content (AvgIpc) is 2.54. The summed E-state index contributed by atoms with van der Waals surface area (Å²) in [7, 11) is 0. The molecule has 1 aliphatic rings. The Balaban J connectivity index is 0.000000774. The molecule has 0 spiro atoms. The highest BCUT2D eigenvalue weighted by molar-refractivity contribution is 5.32. The van der Waals surface area contributed by atoms with Crippen molar-refractivity contribution in [2.45, 2.75) is 19.9 Å². The molecule has 1 saturated heterocycles. The zero-order valence-electron chi connectivity index (χ0n) is 12.9. The third kappa shape index (κ3) is 3.72. The van der Waals surface area contributed by atoms with Crippen LogP contribution in [0, 0.1) is 5.92 Å². The molecule has 21 heavy (non-hydrogen) atoms. The van der Waals surface area contributed by atoms with Crippen LogP contribution in [0.4, 0.5) is 0 Å². The fraction of sp³-hybridized carbons (Fsp3) is 0.368. The fourth-order valence-electron chi connectivity index (χ4n) is 2.82. The molecule has 112 valence electrons. The lowest BCUT2D eigenvalue weighted by molar-refractivity contribution is 0.0310. The number of likely N-dealkylation sites (tertiary alicyclic amines) is 1. The molecule has 2 aromatic rings. The molecule has 0 saturated carbocycles. The minimum atomic E-state index is 0.298. The third-order valence-corrected chi connectivity index (χ3v) is 3.84. The highest BCUT2D eigenvalue weighted by Gasteiger charge is 2.33. The first-order valence-electron chi connectivity index (χ1n) is 7.83. The predicted molar refractivity (Wildman–Crippen MR) is 88.2 cm³/mol. The normalized spacial score (nSPS) is 15.2. The molecule has 0 unspecified atom stereocenters. The summed E-state index contributed by atoms with van der Waals surface area (Å²) in [6.45, 7) is 6.25. The Bertz CT molecular complexity index is 466. The summed E-state index contributed by atoms with van der Waals surface area (Å²) in [4.78, 5) is 2.44. The van der Waals surface area contributed by atoms with Crippen LogP contribution in [0.25, 0.3) is 0 Å². The monoisotopic (exact) mass is 283 g/mol. The summed E-state index contributed by atoms with van der Waals surface area (Å²) >= 11 is 0. The third-order valence-electron chi connectivity index (χ3n) is 3.84. The molecule has 0 amide bonds. The zero-order chi connectivity index (χ0) is 15.1. The van der Waals surface area contributed by atoms with Crippen molar-refractivity contribution in [3.63, 3.8) is 0 Å². The number of aliphatic hydroxyl groups excluding tert-OH is 1. The molecular weight excluding hydrogens is 258 g/mol. The number of nitrogens with zero attached hydrogens (tertiary/aromatic N) is 1. The molecule has 2 heteroatoms. The van der Waals surface area contributed by atoms with E-state index in [0.29, 0.717) is 18.6 Å². The van der Waals surface area contributed by atoms with Crippen molar-refractivity contribution in [1.82, 2.24) is 4.90 Å². The van der Waals surface area contributed by atoms with Gasteiger partial charge in [0, 0.05) is 25.6 Å². The second-order valence-electron chi connectivity index (χ2n) is 5.23. The average molecular weight is 283 g/mol. The van der Waals surface area contributed by atoms with Gasteiger partial charge in [-0.3, -0.25) is 4.90 Å². The van der Waals surface area contributed by atoms with E-state index in [0.717, 1.165) is 13.1 Å². The van der Waals surface area contributed by atoms with E-state index < -0.39 is 0 Å². The number of hydrogen-bond acceptors (Lipinski definition) is 2. The summed E-state index contributed by atoms with van der Waals surface area (Å²) in [5.41, 5.74) is 2.65. The summed E-state index contributed by atoms with van der Waals surface area (Å²) in [5, 5.41) is 9.20. The van der Waals surface area contributed by atoms with Crippen LogP contribution in [0.15, 0.2) is 60.7 Å². The van der Waals surface area contributed by atoms with E-state index >= 15 is 0 Å². The van der Waals surface area contributed by atoms with E-state index in [4.69, 9.17) is 0 Å². The van der Waals surface area contributed by atoms with Gasteiger partial charge in [0.25, 0.3) is 0 Å². The van der Waals surface area contributed by atoms with Crippen molar-refractivity contribution in [2.75, 3.05) is 19.7 Å². The Hall–Kier alpha value is -1.64. The van der Waals surface area contributed by atoms with Crippen molar-refractivity contribution < 1.29 is 5.11 Å². The molecule has 1 fully saturated rings. The van der Waals surface area contributed by atoms with Crippen molar-refractivity contribution >= 4 is 0 Å². The Labute approximate surface area is 128 Å². The highest BCUT2D eigenvalue weighted by atomic mass is 16.3. The van der Waals surface area contributed by atoms with Gasteiger partial charge in [0.2, 0.25) is 0 Å². The molecular formula is C19H25NO. The topological polar surface area (TPSA) is 23.5 Å². The summed E-state index contributed by atoms with van der Waals surface area (Å²) < 4.78 is 0. The second kappa shape index (κ2) is 7.96. The Kier molecular flexibility index (Phi) is 5.97. The lowest BCUT2D eigenvalue weighted by Gasteiger charge is -2.44. The SMILES string of the molecule is CC.OCC1CN(C(c2ccccc2)c2ccccc2)C1. The lowest BCUT2D eigenvalue weighted by Crippen LogP contribution is -2.50. The first kappa shape index (κ1) is 15.7. The Morgan fingerprint density at radius 1 is 0.905 bits per heavy atom. The van der Waals surface area contributed by atoms with Crippen molar-refractivity contribution in [2.24, 2.45) is 5.92 Å². The van der Waals surface area contributed by atoms with E-state index in [1.54, 1.807) is 0 Å². The smallest absolute Gasteiger partial charge is 0.0602 e.